The van der Waals surface area contributed by atoms with Crippen LogP contribution in [0.5, 0.6) is 0 Å². The molecule has 1 fully saturated rings. The van der Waals surface area contributed by atoms with Gasteiger partial charge in [0.05, 0.1) is 32.3 Å². The number of benzene rings is 2. The average Bonchev–Trinajstić information content (AvgIpc) is 2.74. The molecule has 2 aromatic rings. The molecule has 0 radical (unpaired) electrons. The lowest BCUT2D eigenvalue weighted by atomic mass is 10.1. The third-order valence-electron chi connectivity index (χ3n) is 5.10. The third kappa shape index (κ3) is 6.95. The summed E-state index contributed by atoms with van der Waals surface area (Å²) in [4.78, 5) is 28.6. The maximum atomic E-state index is 12.4. The van der Waals surface area contributed by atoms with Crippen LogP contribution in [0.15, 0.2) is 48.5 Å². The van der Waals surface area contributed by atoms with Gasteiger partial charge < -0.3 is 20.3 Å². The molecule has 2 aromatic carbocycles. The van der Waals surface area contributed by atoms with E-state index in [1.165, 1.54) is 0 Å². The number of amides is 2. The monoisotopic (exact) mass is 444 g/mol. The molecule has 1 atom stereocenters. The summed E-state index contributed by atoms with van der Waals surface area (Å²) in [6.07, 6.45) is 0. The summed E-state index contributed by atoms with van der Waals surface area (Å²) in [7, 11) is 1.74. The molecule has 31 heavy (non-hydrogen) atoms. The van der Waals surface area contributed by atoms with Crippen LogP contribution in [-0.2, 0) is 14.3 Å². The van der Waals surface area contributed by atoms with Gasteiger partial charge in [0.2, 0.25) is 11.8 Å². The van der Waals surface area contributed by atoms with Gasteiger partial charge in [-0.25, -0.2) is 0 Å². The molecule has 0 aromatic heterocycles. The Kier molecular flexibility index (Phi) is 8.28. The molecule has 0 aliphatic carbocycles. The normalized spacial score (nSPS) is 14.9. The van der Waals surface area contributed by atoms with Crippen LogP contribution in [0, 0.1) is 0 Å². The molecule has 1 saturated heterocycles. The number of halogens is 1. The lowest BCUT2D eigenvalue weighted by molar-refractivity contribution is -0.123. The predicted molar refractivity (Wildman–Crippen MR) is 124 cm³/mol. The highest BCUT2D eigenvalue weighted by Gasteiger charge is 2.16. The Morgan fingerprint density at radius 1 is 1.06 bits per heavy atom. The van der Waals surface area contributed by atoms with Crippen molar-refractivity contribution in [1.82, 2.24) is 10.2 Å². The van der Waals surface area contributed by atoms with Gasteiger partial charge in [0.1, 0.15) is 0 Å². The summed E-state index contributed by atoms with van der Waals surface area (Å²) >= 11 is 6.19. The molecule has 1 aliphatic rings. The van der Waals surface area contributed by atoms with Crippen LogP contribution in [0.1, 0.15) is 18.5 Å². The van der Waals surface area contributed by atoms with Gasteiger partial charge in [-0.3, -0.25) is 14.5 Å². The van der Waals surface area contributed by atoms with Crippen LogP contribution in [0.2, 0.25) is 5.02 Å². The molecule has 2 amide bonds. The zero-order chi connectivity index (χ0) is 22.2. The second-order valence-corrected chi connectivity index (χ2v) is 8.08. The first-order chi connectivity index (χ1) is 14.9. The average molecular weight is 445 g/mol. The maximum absolute atomic E-state index is 12.4. The number of anilines is 2. The number of nitrogens with one attached hydrogen (secondary N) is 2. The summed E-state index contributed by atoms with van der Waals surface area (Å²) < 4.78 is 5.37. The minimum Gasteiger partial charge on any atom is -0.378 e. The number of rotatable bonds is 8. The molecule has 1 heterocycles. The highest BCUT2D eigenvalue weighted by molar-refractivity contribution is 6.31. The Bertz CT molecular complexity index is 885. The number of likely N-dealkylation sites (N-methyl/N-ethyl adjacent to an activating group) is 1. The molecule has 7 nitrogen and oxygen atoms in total. The maximum Gasteiger partial charge on any atom is 0.238 e. The van der Waals surface area contributed by atoms with E-state index < -0.39 is 0 Å². The first-order valence-corrected chi connectivity index (χ1v) is 10.7. The van der Waals surface area contributed by atoms with Crippen LogP contribution in [0.25, 0.3) is 0 Å². The van der Waals surface area contributed by atoms with E-state index in [0.29, 0.717) is 5.02 Å². The molecule has 0 saturated carbocycles. The molecule has 1 aliphatic heterocycles. The summed E-state index contributed by atoms with van der Waals surface area (Å²) in [5.41, 5.74) is 2.70. The number of nitrogens with zero attached hydrogens (tertiary/aromatic N) is 2. The Labute approximate surface area is 188 Å². The second kappa shape index (κ2) is 11.1. The third-order valence-corrected chi connectivity index (χ3v) is 5.45. The Balaban J connectivity index is 1.43. The lowest BCUT2D eigenvalue weighted by Gasteiger charge is -2.28. The van der Waals surface area contributed by atoms with Crippen molar-refractivity contribution in [3.63, 3.8) is 0 Å². The van der Waals surface area contributed by atoms with E-state index in [2.05, 4.69) is 15.5 Å². The van der Waals surface area contributed by atoms with E-state index in [4.69, 9.17) is 16.3 Å². The van der Waals surface area contributed by atoms with Crippen LogP contribution in [0.4, 0.5) is 11.4 Å². The first-order valence-electron chi connectivity index (χ1n) is 10.4. The summed E-state index contributed by atoms with van der Waals surface area (Å²) in [6, 6.07) is 15.0. The Morgan fingerprint density at radius 3 is 2.39 bits per heavy atom. The molecule has 0 spiro atoms. The van der Waals surface area contributed by atoms with Crippen LogP contribution in [0.3, 0.4) is 0 Å². The van der Waals surface area contributed by atoms with Crippen LogP contribution in [-0.4, -0.2) is 63.2 Å². The number of hydrogen-bond acceptors (Lipinski definition) is 5. The van der Waals surface area contributed by atoms with Crippen LogP contribution < -0.4 is 15.5 Å². The van der Waals surface area contributed by atoms with Crippen molar-refractivity contribution in [3.8, 4) is 0 Å². The number of ether oxygens (including phenoxy) is 1. The van der Waals surface area contributed by atoms with Crippen molar-refractivity contribution in [3.05, 3.63) is 59.1 Å². The van der Waals surface area contributed by atoms with Crippen molar-refractivity contribution < 1.29 is 14.3 Å². The minimum absolute atomic E-state index is 0.109. The van der Waals surface area contributed by atoms with Gasteiger partial charge in [-0.05, 0) is 49.9 Å². The van der Waals surface area contributed by atoms with Crippen LogP contribution >= 0.6 is 11.6 Å². The van der Waals surface area contributed by atoms with Gasteiger partial charge in [0.15, 0.2) is 0 Å². The minimum atomic E-state index is -0.214. The topological polar surface area (TPSA) is 73.9 Å². The Morgan fingerprint density at radius 2 is 1.71 bits per heavy atom. The van der Waals surface area contributed by atoms with E-state index >= 15 is 0 Å². The van der Waals surface area contributed by atoms with Gasteiger partial charge in [-0.1, -0.05) is 29.8 Å². The van der Waals surface area contributed by atoms with E-state index in [1.807, 2.05) is 49.4 Å². The quantitative estimate of drug-likeness (QED) is 0.655. The van der Waals surface area contributed by atoms with Crippen molar-refractivity contribution in [2.45, 2.75) is 13.0 Å². The number of hydrogen-bond donors (Lipinski definition) is 2. The second-order valence-electron chi connectivity index (χ2n) is 7.68. The van der Waals surface area contributed by atoms with Gasteiger partial charge >= 0.3 is 0 Å². The van der Waals surface area contributed by atoms with Gasteiger partial charge in [0, 0.05) is 29.5 Å². The summed E-state index contributed by atoms with van der Waals surface area (Å²) in [6.45, 7) is 5.30. The van der Waals surface area contributed by atoms with Crippen molar-refractivity contribution in [2.75, 3.05) is 56.7 Å². The molecule has 8 heteroatoms. The number of morpholine rings is 1. The molecule has 0 bridgehead atoms. The predicted octanol–water partition coefficient (Wildman–Crippen LogP) is 2.92. The Hall–Kier alpha value is -2.61. The molecular formula is C23H29ClN4O3. The largest absolute Gasteiger partial charge is 0.378 e. The molecule has 166 valence electrons. The van der Waals surface area contributed by atoms with Gasteiger partial charge in [-0.2, -0.15) is 0 Å². The summed E-state index contributed by atoms with van der Waals surface area (Å²) in [5, 5.41) is 6.41. The van der Waals surface area contributed by atoms with E-state index in [0.717, 1.165) is 43.2 Å². The van der Waals surface area contributed by atoms with E-state index in [1.54, 1.807) is 18.0 Å². The summed E-state index contributed by atoms with van der Waals surface area (Å²) in [5.74, 6) is -0.342. The molecule has 3 rings (SSSR count). The van der Waals surface area contributed by atoms with Gasteiger partial charge in [0.25, 0.3) is 0 Å². The highest BCUT2D eigenvalue weighted by Crippen LogP contribution is 2.22. The molecule has 1 unspecified atom stereocenters. The lowest BCUT2D eigenvalue weighted by Crippen LogP contribution is -2.39. The smallest absolute Gasteiger partial charge is 0.238 e. The fourth-order valence-electron chi connectivity index (χ4n) is 3.51. The zero-order valence-electron chi connectivity index (χ0n) is 17.9. The SMILES string of the molecule is CC(NC(=O)CN(C)CC(=O)Nc1ccc(N2CCOCC2)cc1)c1ccccc1Cl. The zero-order valence-corrected chi connectivity index (χ0v) is 18.7. The van der Waals surface area contributed by atoms with E-state index in [9.17, 15) is 9.59 Å². The molecular weight excluding hydrogens is 416 g/mol. The van der Waals surface area contributed by atoms with Crippen molar-refractivity contribution in [2.24, 2.45) is 0 Å². The standard InChI is InChI=1S/C23H29ClN4O3/c1-17(20-5-3-4-6-21(20)24)25-22(29)15-27(2)16-23(30)26-18-7-9-19(10-8-18)28-11-13-31-14-12-28/h3-10,17H,11-16H2,1-2H3,(H,25,29)(H,26,30). The fraction of sp³-hybridized carbons (Fsp3) is 0.391. The number of carbonyl (C=O) groups excluding carboxylic acids is 2. The highest BCUT2D eigenvalue weighted by atomic mass is 35.5. The first kappa shape index (κ1) is 23.1. The van der Waals surface area contributed by atoms with Gasteiger partial charge in [-0.15, -0.1) is 0 Å². The van der Waals surface area contributed by atoms with E-state index in [-0.39, 0.29) is 30.9 Å². The van der Waals surface area contributed by atoms with Crippen molar-refractivity contribution >= 4 is 34.8 Å². The van der Waals surface area contributed by atoms with Crippen molar-refractivity contribution in [1.29, 1.82) is 0 Å². The molecule has 2 N–H and O–H groups in total. The fourth-order valence-corrected chi connectivity index (χ4v) is 3.81. The number of carbonyl (C=O) groups is 2.